The second kappa shape index (κ2) is 6.22. The number of nitrogens with zero attached hydrogens (tertiary/aromatic N) is 2. The number of hydrogen-bond acceptors (Lipinski definition) is 4. The van der Waals surface area contributed by atoms with Crippen LogP contribution in [0, 0.1) is 12.8 Å². The van der Waals surface area contributed by atoms with Gasteiger partial charge in [0.15, 0.2) is 0 Å². The molecule has 2 heterocycles. The number of carbonyl (C=O) groups is 1. The van der Waals surface area contributed by atoms with Gasteiger partial charge < -0.3 is 9.84 Å². The van der Waals surface area contributed by atoms with E-state index in [2.05, 4.69) is 11.9 Å². The number of pyridine rings is 1. The molecule has 1 saturated heterocycles. The van der Waals surface area contributed by atoms with Gasteiger partial charge in [-0.25, -0.2) is 0 Å². The third-order valence-electron chi connectivity index (χ3n) is 3.84. The maximum atomic E-state index is 11.4. The molecular weight excluding hydrogens is 256 g/mol. The van der Waals surface area contributed by atoms with Crippen LogP contribution >= 0.6 is 0 Å². The Kier molecular flexibility index (Phi) is 4.60. The summed E-state index contributed by atoms with van der Waals surface area (Å²) in [6.07, 6.45) is 1.74. The number of aromatic nitrogens is 1. The first-order valence-electron chi connectivity index (χ1n) is 6.98. The van der Waals surface area contributed by atoms with Gasteiger partial charge in [0.25, 0.3) is 0 Å². The number of carboxylic acids is 1. The smallest absolute Gasteiger partial charge is 0.320 e. The molecule has 1 N–H and O–H groups in total. The summed E-state index contributed by atoms with van der Waals surface area (Å²) >= 11 is 0. The molecule has 2 unspecified atom stereocenters. The summed E-state index contributed by atoms with van der Waals surface area (Å²) in [5.41, 5.74) is 1.75. The minimum absolute atomic E-state index is 0.410. The maximum absolute atomic E-state index is 11.4. The third kappa shape index (κ3) is 3.48. The van der Waals surface area contributed by atoms with Crippen molar-refractivity contribution in [2.45, 2.75) is 39.3 Å². The molecule has 1 fully saturated rings. The molecule has 0 bridgehead atoms. The summed E-state index contributed by atoms with van der Waals surface area (Å²) in [6, 6.07) is 3.34. The van der Waals surface area contributed by atoms with Gasteiger partial charge in [-0.1, -0.05) is 6.92 Å². The molecule has 1 aromatic rings. The number of aliphatic carboxylic acids is 1. The summed E-state index contributed by atoms with van der Waals surface area (Å²) in [5.74, 6) is 0.494. The van der Waals surface area contributed by atoms with Crippen LogP contribution in [0.15, 0.2) is 12.1 Å². The fraction of sp³-hybridized carbons (Fsp3) is 0.600. The summed E-state index contributed by atoms with van der Waals surface area (Å²) in [5, 5.41) is 9.37. The van der Waals surface area contributed by atoms with E-state index in [1.165, 1.54) is 0 Å². The average Bonchev–Trinajstić information content (AvgIpc) is 2.40. The summed E-state index contributed by atoms with van der Waals surface area (Å²) in [6.45, 7) is 5.39. The van der Waals surface area contributed by atoms with Gasteiger partial charge in [-0.05, 0) is 32.2 Å². The van der Waals surface area contributed by atoms with Crippen molar-refractivity contribution in [2.75, 3.05) is 13.7 Å². The second-order valence-electron chi connectivity index (χ2n) is 5.59. The Balaban J connectivity index is 2.15. The van der Waals surface area contributed by atoms with Crippen molar-refractivity contribution in [1.29, 1.82) is 0 Å². The highest BCUT2D eigenvalue weighted by molar-refractivity contribution is 5.73. The van der Waals surface area contributed by atoms with Crippen LogP contribution in [-0.2, 0) is 11.3 Å². The van der Waals surface area contributed by atoms with E-state index in [9.17, 15) is 9.90 Å². The molecule has 0 radical (unpaired) electrons. The molecule has 0 aromatic carbocycles. The Morgan fingerprint density at radius 2 is 2.30 bits per heavy atom. The van der Waals surface area contributed by atoms with Crippen LogP contribution in [-0.4, -0.2) is 40.7 Å². The first kappa shape index (κ1) is 14.8. The molecule has 20 heavy (non-hydrogen) atoms. The predicted octanol–water partition coefficient (Wildman–Crippen LogP) is 2.08. The van der Waals surface area contributed by atoms with Crippen LogP contribution in [0.2, 0.25) is 0 Å². The number of ether oxygens (including phenoxy) is 1. The van der Waals surface area contributed by atoms with Gasteiger partial charge in [-0.3, -0.25) is 14.7 Å². The Hall–Kier alpha value is -1.62. The van der Waals surface area contributed by atoms with Crippen LogP contribution < -0.4 is 4.74 Å². The number of likely N-dealkylation sites (tertiary alicyclic amines) is 1. The van der Waals surface area contributed by atoms with E-state index in [1.807, 2.05) is 24.0 Å². The highest BCUT2D eigenvalue weighted by Crippen LogP contribution is 2.25. The second-order valence-corrected chi connectivity index (χ2v) is 5.59. The molecule has 2 rings (SSSR count). The van der Waals surface area contributed by atoms with E-state index < -0.39 is 12.0 Å². The van der Waals surface area contributed by atoms with Crippen molar-refractivity contribution in [3.63, 3.8) is 0 Å². The zero-order valence-corrected chi connectivity index (χ0v) is 12.3. The van der Waals surface area contributed by atoms with Crippen molar-refractivity contribution < 1.29 is 14.6 Å². The summed E-state index contributed by atoms with van der Waals surface area (Å²) in [4.78, 5) is 17.9. The molecule has 0 amide bonds. The monoisotopic (exact) mass is 278 g/mol. The Morgan fingerprint density at radius 3 is 2.95 bits per heavy atom. The molecule has 5 heteroatoms. The number of carboxylic acid groups (broad SMARTS) is 1. The number of hydrogen-bond donors (Lipinski definition) is 1. The Bertz CT molecular complexity index is 490. The lowest BCUT2D eigenvalue weighted by molar-refractivity contribution is -0.145. The van der Waals surface area contributed by atoms with E-state index >= 15 is 0 Å². The van der Waals surface area contributed by atoms with Crippen LogP contribution in [0.1, 0.15) is 31.2 Å². The first-order valence-corrected chi connectivity index (χ1v) is 6.98. The zero-order valence-electron chi connectivity index (χ0n) is 12.3. The largest absolute Gasteiger partial charge is 0.497 e. The van der Waals surface area contributed by atoms with Gasteiger partial charge in [0.05, 0.1) is 12.8 Å². The van der Waals surface area contributed by atoms with Gasteiger partial charge in [0.2, 0.25) is 0 Å². The third-order valence-corrected chi connectivity index (χ3v) is 3.84. The number of piperidine rings is 1. The average molecular weight is 278 g/mol. The van der Waals surface area contributed by atoms with Gasteiger partial charge in [0.1, 0.15) is 11.8 Å². The summed E-state index contributed by atoms with van der Waals surface area (Å²) < 4.78 is 5.24. The highest BCUT2D eigenvalue weighted by atomic mass is 16.5. The molecule has 0 aliphatic carbocycles. The molecular formula is C15H22N2O3. The van der Waals surface area contributed by atoms with E-state index in [1.54, 1.807) is 7.11 Å². The van der Waals surface area contributed by atoms with Gasteiger partial charge >= 0.3 is 5.97 Å². The predicted molar refractivity (Wildman–Crippen MR) is 75.8 cm³/mol. The van der Waals surface area contributed by atoms with Crippen LogP contribution in [0.3, 0.4) is 0 Å². The van der Waals surface area contributed by atoms with Gasteiger partial charge in [-0.15, -0.1) is 0 Å². The van der Waals surface area contributed by atoms with Crippen LogP contribution in [0.4, 0.5) is 0 Å². The molecule has 1 aliphatic heterocycles. The quantitative estimate of drug-likeness (QED) is 0.913. The Morgan fingerprint density at radius 1 is 1.55 bits per heavy atom. The molecule has 1 aliphatic rings. The number of rotatable bonds is 4. The van der Waals surface area contributed by atoms with E-state index in [0.29, 0.717) is 18.9 Å². The first-order chi connectivity index (χ1) is 9.49. The molecule has 0 saturated carbocycles. The van der Waals surface area contributed by atoms with Crippen molar-refractivity contribution in [3.8, 4) is 5.75 Å². The van der Waals surface area contributed by atoms with E-state index in [4.69, 9.17) is 4.74 Å². The fourth-order valence-corrected chi connectivity index (χ4v) is 2.75. The normalized spacial score (nSPS) is 23.6. The summed E-state index contributed by atoms with van der Waals surface area (Å²) in [7, 11) is 1.63. The van der Waals surface area contributed by atoms with Crippen LogP contribution in [0.25, 0.3) is 0 Å². The van der Waals surface area contributed by atoms with Crippen molar-refractivity contribution in [3.05, 3.63) is 23.5 Å². The molecule has 1 aromatic heterocycles. The molecule has 5 nitrogen and oxygen atoms in total. The van der Waals surface area contributed by atoms with Gasteiger partial charge in [-0.2, -0.15) is 0 Å². The van der Waals surface area contributed by atoms with Crippen molar-refractivity contribution in [2.24, 2.45) is 5.92 Å². The lowest BCUT2D eigenvalue weighted by atomic mass is 9.92. The van der Waals surface area contributed by atoms with Gasteiger partial charge in [0, 0.05) is 24.4 Å². The van der Waals surface area contributed by atoms with E-state index in [-0.39, 0.29) is 0 Å². The van der Waals surface area contributed by atoms with E-state index in [0.717, 1.165) is 30.1 Å². The standard InChI is InChI=1S/C15H22N2O3/c1-10-4-5-17(14(6-10)15(18)19)9-12-8-13(20-3)7-11(2)16-12/h7-8,10,14H,4-6,9H2,1-3H3,(H,18,19). The number of methoxy groups -OCH3 is 1. The fourth-order valence-electron chi connectivity index (χ4n) is 2.75. The lowest BCUT2D eigenvalue weighted by Crippen LogP contribution is -2.46. The van der Waals surface area contributed by atoms with Crippen molar-refractivity contribution in [1.82, 2.24) is 9.88 Å². The zero-order chi connectivity index (χ0) is 14.7. The highest BCUT2D eigenvalue weighted by Gasteiger charge is 2.31. The maximum Gasteiger partial charge on any atom is 0.320 e. The number of aryl methyl sites for hydroxylation is 1. The van der Waals surface area contributed by atoms with Crippen molar-refractivity contribution >= 4 is 5.97 Å². The Labute approximate surface area is 119 Å². The topological polar surface area (TPSA) is 62.7 Å². The van der Waals surface area contributed by atoms with Crippen LogP contribution in [0.5, 0.6) is 5.75 Å². The molecule has 110 valence electrons. The molecule has 2 atom stereocenters. The molecule has 0 spiro atoms. The SMILES string of the molecule is COc1cc(C)nc(CN2CCC(C)CC2C(=O)O)c1. The minimum Gasteiger partial charge on any atom is -0.497 e. The lowest BCUT2D eigenvalue weighted by Gasteiger charge is -2.35. The minimum atomic E-state index is -0.740.